The number of hydrogen-bond acceptors (Lipinski definition) is 2. The molecular formula is C15H20FN3. The lowest BCUT2D eigenvalue weighted by Crippen LogP contribution is -2.24. The van der Waals surface area contributed by atoms with Crippen LogP contribution in [0.2, 0.25) is 0 Å². The second-order valence-electron chi connectivity index (χ2n) is 5.03. The minimum Gasteiger partial charge on any atom is -0.326 e. The zero-order chi connectivity index (χ0) is 13.8. The molecule has 1 aromatic carbocycles. The average molecular weight is 261 g/mol. The molecule has 3 nitrogen and oxygen atoms in total. The summed E-state index contributed by atoms with van der Waals surface area (Å²) in [5.74, 6) is -0.175. The van der Waals surface area contributed by atoms with Gasteiger partial charge in [0.15, 0.2) is 0 Å². The molecule has 0 spiro atoms. The third kappa shape index (κ3) is 3.20. The predicted molar refractivity (Wildman–Crippen MR) is 74.4 cm³/mol. The first-order chi connectivity index (χ1) is 9.09. The molecule has 0 saturated heterocycles. The molecule has 0 amide bonds. The Morgan fingerprint density at radius 1 is 1.26 bits per heavy atom. The highest BCUT2D eigenvalue weighted by Gasteiger charge is 2.14. The normalized spacial score (nSPS) is 12.9. The second kappa shape index (κ2) is 5.97. The summed E-state index contributed by atoms with van der Waals surface area (Å²) < 4.78 is 15.8. The van der Waals surface area contributed by atoms with Crippen molar-refractivity contribution >= 4 is 0 Å². The fraction of sp³-hybridized carbons (Fsp3) is 0.400. The molecule has 2 rings (SSSR count). The second-order valence-corrected chi connectivity index (χ2v) is 5.03. The number of nitrogens with one attached hydrogen (secondary N) is 1. The van der Waals surface area contributed by atoms with E-state index in [0.29, 0.717) is 11.6 Å². The van der Waals surface area contributed by atoms with Crippen LogP contribution in [-0.4, -0.2) is 15.6 Å². The molecule has 0 aliphatic heterocycles. The molecule has 102 valence electrons. The molecule has 1 heterocycles. The number of halogens is 1. The van der Waals surface area contributed by atoms with E-state index >= 15 is 0 Å². The summed E-state index contributed by atoms with van der Waals surface area (Å²) in [4.78, 5) is 4.18. The number of nitrogens with zero attached hydrogens (tertiary/aromatic N) is 2. The monoisotopic (exact) mass is 261 g/mol. The van der Waals surface area contributed by atoms with Gasteiger partial charge in [-0.1, -0.05) is 32.0 Å². The van der Waals surface area contributed by atoms with Gasteiger partial charge in [0.1, 0.15) is 5.82 Å². The lowest BCUT2D eigenvalue weighted by Gasteiger charge is -2.18. The molecule has 1 atom stereocenters. The van der Waals surface area contributed by atoms with E-state index in [1.165, 1.54) is 6.07 Å². The zero-order valence-electron chi connectivity index (χ0n) is 11.6. The lowest BCUT2D eigenvalue weighted by molar-refractivity contribution is 0.519. The van der Waals surface area contributed by atoms with Gasteiger partial charge in [-0.15, -0.1) is 0 Å². The first-order valence-corrected chi connectivity index (χ1v) is 6.58. The van der Waals surface area contributed by atoms with E-state index in [1.807, 2.05) is 29.8 Å². The molecule has 2 aromatic rings. The Kier molecular flexibility index (Phi) is 4.32. The van der Waals surface area contributed by atoms with Crippen LogP contribution in [0.15, 0.2) is 36.8 Å². The molecule has 1 aromatic heterocycles. The van der Waals surface area contributed by atoms with Crippen molar-refractivity contribution in [3.8, 4) is 0 Å². The van der Waals surface area contributed by atoms with Gasteiger partial charge >= 0.3 is 0 Å². The highest BCUT2D eigenvalue weighted by Crippen LogP contribution is 2.22. The van der Waals surface area contributed by atoms with Gasteiger partial charge in [0.2, 0.25) is 0 Å². The maximum Gasteiger partial charge on any atom is 0.128 e. The van der Waals surface area contributed by atoms with Gasteiger partial charge in [-0.2, -0.15) is 0 Å². The van der Waals surface area contributed by atoms with E-state index in [0.717, 1.165) is 12.2 Å². The van der Waals surface area contributed by atoms with E-state index in [9.17, 15) is 4.39 Å². The molecule has 0 radical (unpaired) electrons. The van der Waals surface area contributed by atoms with Crippen molar-refractivity contribution in [2.45, 2.75) is 39.4 Å². The fourth-order valence-electron chi connectivity index (χ4n) is 2.09. The van der Waals surface area contributed by atoms with Crippen molar-refractivity contribution in [1.82, 2.24) is 14.9 Å². The van der Waals surface area contributed by atoms with Crippen LogP contribution < -0.4 is 5.32 Å². The summed E-state index contributed by atoms with van der Waals surface area (Å²) in [6.07, 6.45) is 3.58. The van der Waals surface area contributed by atoms with Crippen LogP contribution >= 0.6 is 0 Å². The maximum atomic E-state index is 13.8. The molecule has 1 unspecified atom stereocenters. The molecule has 4 heteroatoms. The molecule has 0 bridgehead atoms. The van der Waals surface area contributed by atoms with Crippen LogP contribution in [0.4, 0.5) is 4.39 Å². The summed E-state index contributed by atoms with van der Waals surface area (Å²) in [6.45, 7) is 6.91. The minimum absolute atomic E-state index is 0.0623. The standard InChI is InChI=1S/C15H20FN3/c1-11(2)18-9-13-8-17-10-19(13)12(3)14-6-4-5-7-15(14)16/h4-8,10-12,18H,9H2,1-3H3. The summed E-state index contributed by atoms with van der Waals surface area (Å²) in [6, 6.07) is 7.23. The molecule has 0 saturated carbocycles. The third-order valence-electron chi connectivity index (χ3n) is 3.21. The van der Waals surface area contributed by atoms with E-state index in [-0.39, 0.29) is 11.9 Å². The van der Waals surface area contributed by atoms with Crippen LogP contribution in [0.25, 0.3) is 0 Å². The Balaban J connectivity index is 2.22. The topological polar surface area (TPSA) is 29.9 Å². The lowest BCUT2D eigenvalue weighted by atomic mass is 10.1. The summed E-state index contributed by atoms with van der Waals surface area (Å²) in [5.41, 5.74) is 1.75. The highest BCUT2D eigenvalue weighted by atomic mass is 19.1. The number of aromatic nitrogens is 2. The maximum absolute atomic E-state index is 13.8. The molecule has 0 aliphatic carbocycles. The Morgan fingerprint density at radius 2 is 2.00 bits per heavy atom. The van der Waals surface area contributed by atoms with E-state index in [1.54, 1.807) is 12.4 Å². The number of benzene rings is 1. The van der Waals surface area contributed by atoms with Crippen LogP contribution in [0, 0.1) is 5.82 Å². The van der Waals surface area contributed by atoms with Gasteiger partial charge in [-0.3, -0.25) is 0 Å². The number of hydrogen-bond donors (Lipinski definition) is 1. The summed E-state index contributed by atoms with van der Waals surface area (Å²) >= 11 is 0. The van der Waals surface area contributed by atoms with Crippen LogP contribution in [0.1, 0.15) is 38.1 Å². The molecular weight excluding hydrogens is 241 g/mol. The smallest absolute Gasteiger partial charge is 0.128 e. The molecule has 1 N–H and O–H groups in total. The number of rotatable bonds is 5. The van der Waals surface area contributed by atoms with Gasteiger partial charge in [0, 0.05) is 24.3 Å². The summed E-state index contributed by atoms with van der Waals surface area (Å²) in [7, 11) is 0. The van der Waals surface area contributed by atoms with Crippen LogP contribution in [0.5, 0.6) is 0 Å². The van der Waals surface area contributed by atoms with Crippen molar-refractivity contribution in [1.29, 1.82) is 0 Å². The first kappa shape index (κ1) is 13.7. The Morgan fingerprint density at radius 3 is 2.68 bits per heavy atom. The average Bonchev–Trinajstić information content (AvgIpc) is 2.84. The zero-order valence-corrected chi connectivity index (χ0v) is 11.6. The van der Waals surface area contributed by atoms with Crippen molar-refractivity contribution in [3.05, 3.63) is 53.9 Å². The highest BCUT2D eigenvalue weighted by molar-refractivity contribution is 5.22. The number of imidazole rings is 1. The van der Waals surface area contributed by atoms with Gasteiger partial charge in [-0.25, -0.2) is 9.37 Å². The van der Waals surface area contributed by atoms with Crippen molar-refractivity contribution in [2.75, 3.05) is 0 Å². The van der Waals surface area contributed by atoms with Gasteiger partial charge < -0.3 is 9.88 Å². The SMILES string of the molecule is CC(C)NCc1cncn1C(C)c1ccccc1F. The van der Waals surface area contributed by atoms with Crippen molar-refractivity contribution in [3.63, 3.8) is 0 Å². The van der Waals surface area contributed by atoms with E-state index in [2.05, 4.69) is 24.1 Å². The fourth-order valence-corrected chi connectivity index (χ4v) is 2.09. The molecule has 0 fully saturated rings. The quantitative estimate of drug-likeness (QED) is 0.896. The Labute approximate surface area is 113 Å². The van der Waals surface area contributed by atoms with Crippen LogP contribution in [0.3, 0.4) is 0 Å². The van der Waals surface area contributed by atoms with Gasteiger partial charge in [0.05, 0.1) is 18.1 Å². The Hall–Kier alpha value is -1.68. The molecule has 19 heavy (non-hydrogen) atoms. The minimum atomic E-state index is -0.175. The van der Waals surface area contributed by atoms with Crippen LogP contribution in [-0.2, 0) is 6.54 Å². The first-order valence-electron chi connectivity index (χ1n) is 6.58. The van der Waals surface area contributed by atoms with Crippen molar-refractivity contribution in [2.24, 2.45) is 0 Å². The Bertz CT molecular complexity index is 534. The largest absolute Gasteiger partial charge is 0.326 e. The van der Waals surface area contributed by atoms with E-state index < -0.39 is 0 Å². The predicted octanol–water partition coefficient (Wildman–Crippen LogP) is 3.13. The van der Waals surface area contributed by atoms with Crippen molar-refractivity contribution < 1.29 is 4.39 Å². The van der Waals surface area contributed by atoms with E-state index in [4.69, 9.17) is 0 Å². The van der Waals surface area contributed by atoms with Gasteiger partial charge in [-0.05, 0) is 13.0 Å². The molecule has 0 aliphatic rings. The summed E-state index contributed by atoms with van der Waals surface area (Å²) in [5, 5.41) is 3.35. The third-order valence-corrected chi connectivity index (χ3v) is 3.21. The van der Waals surface area contributed by atoms with Gasteiger partial charge in [0.25, 0.3) is 0 Å².